The van der Waals surface area contributed by atoms with E-state index in [1.54, 1.807) is 35.7 Å². The Morgan fingerprint density at radius 3 is 2.96 bits per heavy atom. The van der Waals surface area contributed by atoms with Crippen LogP contribution < -0.4 is 5.56 Å². The van der Waals surface area contributed by atoms with Gasteiger partial charge in [0.05, 0.1) is 17.2 Å². The van der Waals surface area contributed by atoms with Crippen LogP contribution in [0.2, 0.25) is 0 Å². The van der Waals surface area contributed by atoms with Crippen LogP contribution in [0.25, 0.3) is 11.0 Å². The van der Waals surface area contributed by atoms with Crippen LogP contribution in [0, 0.1) is 10.1 Å². The molecule has 8 nitrogen and oxygen atoms in total. The van der Waals surface area contributed by atoms with Crippen molar-refractivity contribution in [2.24, 2.45) is 0 Å². The van der Waals surface area contributed by atoms with Gasteiger partial charge in [-0.25, -0.2) is 0 Å². The highest BCUT2D eigenvalue weighted by molar-refractivity contribution is 8.00. The van der Waals surface area contributed by atoms with Gasteiger partial charge >= 0.3 is 0 Å². The molecule has 0 bridgehead atoms. The Bertz CT molecular complexity index is 982. The first kappa shape index (κ1) is 15.2. The number of benzene rings is 1. The summed E-state index contributed by atoms with van der Waals surface area (Å²) in [5.41, 5.74) is 0.521. The van der Waals surface area contributed by atoms with Gasteiger partial charge in [0.25, 0.3) is 11.2 Å². The third kappa shape index (κ3) is 2.57. The first-order valence-corrected chi connectivity index (χ1v) is 9.06. The predicted molar refractivity (Wildman–Crippen MR) is 91.7 cm³/mol. The number of fused-ring (bicyclic) bond motifs is 3. The number of non-ortho nitro benzene ring substituents is 1. The van der Waals surface area contributed by atoms with E-state index < -0.39 is 4.92 Å². The summed E-state index contributed by atoms with van der Waals surface area (Å²) in [6, 6.07) is 6.68. The Morgan fingerprint density at radius 2 is 2.21 bits per heavy atom. The highest BCUT2D eigenvalue weighted by Crippen LogP contribution is 2.36. The lowest BCUT2D eigenvalue weighted by Gasteiger charge is -2.14. The normalized spacial score (nSPS) is 16.4. The highest BCUT2D eigenvalue weighted by Gasteiger charge is 2.27. The van der Waals surface area contributed by atoms with Crippen molar-refractivity contribution in [2.45, 2.75) is 16.1 Å². The summed E-state index contributed by atoms with van der Waals surface area (Å²) in [6.07, 6.45) is 1.50. The van der Waals surface area contributed by atoms with Crippen LogP contribution in [0.3, 0.4) is 0 Å². The molecule has 0 radical (unpaired) electrons. The molecule has 0 saturated heterocycles. The van der Waals surface area contributed by atoms with Crippen molar-refractivity contribution in [3.8, 4) is 0 Å². The monoisotopic (exact) mass is 361 g/mol. The molecule has 0 amide bonds. The van der Waals surface area contributed by atoms with Crippen molar-refractivity contribution < 1.29 is 4.92 Å². The van der Waals surface area contributed by atoms with Crippen molar-refractivity contribution in [3.05, 3.63) is 50.9 Å². The lowest BCUT2D eigenvalue weighted by molar-refractivity contribution is -0.384. The number of rotatable bonds is 4. The average Bonchev–Trinajstić information content (AvgIpc) is 3.20. The largest absolute Gasteiger partial charge is 0.300 e. The minimum absolute atomic E-state index is 0.0850. The van der Waals surface area contributed by atoms with Crippen LogP contribution in [-0.2, 0) is 0 Å². The minimum atomic E-state index is -0.407. The van der Waals surface area contributed by atoms with Crippen molar-refractivity contribution in [1.29, 1.82) is 0 Å². The summed E-state index contributed by atoms with van der Waals surface area (Å²) in [5, 5.41) is 18.7. The molecule has 3 heterocycles. The van der Waals surface area contributed by atoms with E-state index >= 15 is 0 Å². The molecule has 3 aromatic rings. The summed E-state index contributed by atoms with van der Waals surface area (Å²) in [6.45, 7) is 0. The topological polar surface area (TPSA) is 107 Å². The minimum Gasteiger partial charge on any atom is -0.300 e. The van der Waals surface area contributed by atoms with Gasteiger partial charge in [0, 0.05) is 28.5 Å². The van der Waals surface area contributed by atoms with E-state index in [1.165, 1.54) is 18.3 Å². The maximum absolute atomic E-state index is 11.9. The Hall–Kier alpha value is -2.33. The van der Waals surface area contributed by atoms with Gasteiger partial charge in [-0.15, -0.1) is 11.8 Å². The highest BCUT2D eigenvalue weighted by atomic mass is 32.2. The van der Waals surface area contributed by atoms with Gasteiger partial charge in [-0.3, -0.25) is 20.0 Å². The molecule has 1 N–H and O–H groups in total. The van der Waals surface area contributed by atoms with Crippen molar-refractivity contribution in [2.75, 3.05) is 11.5 Å². The number of aromatic nitrogens is 4. The first-order chi connectivity index (χ1) is 11.6. The second-order valence-corrected chi connectivity index (χ2v) is 7.31. The fourth-order valence-electron chi connectivity index (χ4n) is 2.58. The molecule has 1 atom stereocenters. The third-order valence-electron chi connectivity index (χ3n) is 3.75. The Labute approximate surface area is 143 Å². The average molecular weight is 361 g/mol. The second-order valence-electron chi connectivity index (χ2n) is 5.23. The van der Waals surface area contributed by atoms with Crippen molar-refractivity contribution in [3.63, 3.8) is 0 Å². The number of H-pyrrole nitrogens is 1. The van der Waals surface area contributed by atoms with E-state index in [2.05, 4.69) is 15.2 Å². The van der Waals surface area contributed by atoms with Crippen molar-refractivity contribution in [1.82, 2.24) is 19.7 Å². The molecule has 0 unspecified atom stereocenters. The molecule has 10 heteroatoms. The first-order valence-electron chi connectivity index (χ1n) is 7.09. The number of hydrogen-bond acceptors (Lipinski definition) is 7. The number of thioether (sulfide) groups is 2. The zero-order valence-corrected chi connectivity index (χ0v) is 13.8. The Balaban J connectivity index is 1.57. The zero-order chi connectivity index (χ0) is 16.7. The molecule has 1 aromatic carbocycles. The maximum atomic E-state index is 11.9. The maximum Gasteiger partial charge on any atom is 0.284 e. The summed E-state index contributed by atoms with van der Waals surface area (Å²) in [7, 11) is 0. The number of nitro benzene ring substituents is 1. The second kappa shape index (κ2) is 5.95. The summed E-state index contributed by atoms with van der Waals surface area (Å²) >= 11 is 3.17. The van der Waals surface area contributed by atoms with Gasteiger partial charge in [0.2, 0.25) is 0 Å². The van der Waals surface area contributed by atoms with Gasteiger partial charge in [0.15, 0.2) is 5.16 Å². The van der Waals surface area contributed by atoms with Gasteiger partial charge in [0.1, 0.15) is 11.0 Å². The number of nitrogens with one attached hydrogen (secondary N) is 1. The van der Waals surface area contributed by atoms with Gasteiger partial charge < -0.3 is 4.57 Å². The van der Waals surface area contributed by atoms with E-state index in [1.807, 2.05) is 4.57 Å². The SMILES string of the molecule is O=c1nc2n(c3[nH]ncc13)[C@H](CSc1ccc([N+](=O)[O-])cc1)CS2. The Morgan fingerprint density at radius 1 is 1.42 bits per heavy atom. The summed E-state index contributed by atoms with van der Waals surface area (Å²) in [5.74, 6) is 1.60. The van der Waals surface area contributed by atoms with Crippen LogP contribution in [-0.4, -0.2) is 36.2 Å². The van der Waals surface area contributed by atoms with E-state index in [-0.39, 0.29) is 17.3 Å². The molecule has 24 heavy (non-hydrogen) atoms. The number of nitrogens with zero attached hydrogens (tertiary/aromatic N) is 4. The number of nitro groups is 1. The summed E-state index contributed by atoms with van der Waals surface area (Å²) < 4.78 is 2.02. The molecule has 122 valence electrons. The summed E-state index contributed by atoms with van der Waals surface area (Å²) in [4.78, 5) is 27.3. The van der Waals surface area contributed by atoms with Crippen LogP contribution in [0.1, 0.15) is 6.04 Å². The lowest BCUT2D eigenvalue weighted by Crippen LogP contribution is -2.17. The third-order valence-corrected chi connectivity index (χ3v) is 6.01. The van der Waals surface area contributed by atoms with E-state index in [4.69, 9.17) is 0 Å². The lowest BCUT2D eigenvalue weighted by atomic mass is 10.3. The van der Waals surface area contributed by atoms with Crippen LogP contribution in [0.15, 0.2) is 45.3 Å². The van der Waals surface area contributed by atoms with Crippen molar-refractivity contribution >= 4 is 40.2 Å². The molecule has 4 rings (SSSR count). The molecule has 0 spiro atoms. The molecule has 1 aliphatic rings. The predicted octanol–water partition coefficient (Wildman–Crippen LogP) is 2.47. The van der Waals surface area contributed by atoms with E-state index in [9.17, 15) is 14.9 Å². The van der Waals surface area contributed by atoms with E-state index in [0.29, 0.717) is 16.2 Å². The van der Waals surface area contributed by atoms with Crippen LogP contribution in [0.4, 0.5) is 5.69 Å². The van der Waals surface area contributed by atoms with E-state index in [0.717, 1.165) is 16.4 Å². The quantitative estimate of drug-likeness (QED) is 0.329. The van der Waals surface area contributed by atoms with Crippen LogP contribution >= 0.6 is 23.5 Å². The fraction of sp³-hybridized carbons (Fsp3) is 0.214. The zero-order valence-electron chi connectivity index (χ0n) is 12.2. The smallest absolute Gasteiger partial charge is 0.284 e. The van der Waals surface area contributed by atoms with Gasteiger partial charge in [-0.2, -0.15) is 10.1 Å². The molecular formula is C14H11N5O3S2. The molecule has 0 saturated carbocycles. The van der Waals surface area contributed by atoms with Crippen LogP contribution in [0.5, 0.6) is 0 Å². The standard InChI is InChI=1S/C14H11N5O3S2/c20-13-11-5-15-17-12(11)18-9(7-24-14(18)16-13)6-23-10-3-1-8(2-4-10)19(21)22/h1-5,9H,6-7H2,(H,15,17)/t9-/m1/s1. The molecular weight excluding hydrogens is 350 g/mol. The number of hydrogen-bond donors (Lipinski definition) is 1. The Kier molecular flexibility index (Phi) is 3.77. The number of aromatic amines is 1. The van der Waals surface area contributed by atoms with Gasteiger partial charge in [-0.05, 0) is 12.1 Å². The van der Waals surface area contributed by atoms with Gasteiger partial charge in [-0.1, -0.05) is 11.8 Å². The molecule has 0 fully saturated rings. The molecule has 0 aliphatic carbocycles. The molecule has 2 aromatic heterocycles. The molecule has 1 aliphatic heterocycles. The fourth-order valence-corrected chi connectivity index (χ4v) is 4.85.